The lowest BCUT2D eigenvalue weighted by atomic mass is 10.3. The van der Waals surface area contributed by atoms with Crippen molar-refractivity contribution in [3.8, 4) is 11.4 Å². The van der Waals surface area contributed by atoms with Crippen molar-refractivity contribution in [3.05, 3.63) is 60.2 Å². The number of aromatic nitrogens is 4. The summed E-state index contributed by atoms with van der Waals surface area (Å²) in [7, 11) is 3.25. The molecule has 0 radical (unpaired) electrons. The van der Waals surface area contributed by atoms with Crippen molar-refractivity contribution in [2.75, 3.05) is 14.2 Å². The van der Waals surface area contributed by atoms with Gasteiger partial charge in [0, 0.05) is 25.4 Å². The summed E-state index contributed by atoms with van der Waals surface area (Å²) in [6.07, 6.45) is 5.14. The molecule has 2 aromatic heterocycles. The van der Waals surface area contributed by atoms with E-state index in [2.05, 4.69) is 15.3 Å². The smallest absolute Gasteiger partial charge is 0.278 e. The van der Waals surface area contributed by atoms with Gasteiger partial charge in [0.25, 0.3) is 5.91 Å². The number of H-pyrrole nitrogens is 1. The minimum Gasteiger partial charge on any atom is -0.493 e. The Hall–Kier alpha value is -3.09. The van der Waals surface area contributed by atoms with E-state index in [1.54, 1.807) is 35.2 Å². The number of rotatable bonds is 5. The van der Waals surface area contributed by atoms with Crippen molar-refractivity contribution in [1.29, 1.82) is 0 Å². The molecule has 23 heavy (non-hydrogen) atoms. The van der Waals surface area contributed by atoms with Crippen LogP contribution in [0, 0.1) is 0 Å². The van der Waals surface area contributed by atoms with E-state index in [0.717, 1.165) is 11.3 Å². The second kappa shape index (κ2) is 6.35. The zero-order chi connectivity index (χ0) is 16.2. The first-order valence-electron chi connectivity index (χ1n) is 7.11. The fourth-order valence-electron chi connectivity index (χ4n) is 2.26. The topological polar surface area (TPSA) is 76.0 Å². The Balaban J connectivity index is 1.86. The number of para-hydroxylation sites is 1. The van der Waals surface area contributed by atoms with Crippen LogP contribution in [-0.2, 0) is 6.54 Å². The molecule has 0 saturated carbocycles. The first-order valence-corrected chi connectivity index (χ1v) is 7.11. The van der Waals surface area contributed by atoms with Crippen LogP contribution in [-0.4, -0.2) is 44.9 Å². The molecule has 0 bridgehead atoms. The molecule has 0 aliphatic rings. The summed E-state index contributed by atoms with van der Waals surface area (Å²) in [5.41, 5.74) is 2.06. The molecule has 1 N–H and O–H groups in total. The van der Waals surface area contributed by atoms with E-state index in [4.69, 9.17) is 4.74 Å². The minimum atomic E-state index is -0.210. The van der Waals surface area contributed by atoms with Gasteiger partial charge in [0.05, 0.1) is 25.2 Å². The lowest BCUT2D eigenvalue weighted by Crippen LogP contribution is -2.27. The molecular formula is C16H17N5O2. The molecule has 3 aromatic rings. The van der Waals surface area contributed by atoms with Crippen molar-refractivity contribution in [2.45, 2.75) is 6.54 Å². The summed E-state index contributed by atoms with van der Waals surface area (Å²) in [5.74, 6) is 0.232. The lowest BCUT2D eigenvalue weighted by Gasteiger charge is -2.15. The number of benzene rings is 1. The third-order valence-corrected chi connectivity index (χ3v) is 3.45. The Morgan fingerprint density at radius 3 is 2.78 bits per heavy atom. The summed E-state index contributed by atoms with van der Waals surface area (Å²) < 4.78 is 6.94. The van der Waals surface area contributed by atoms with Gasteiger partial charge in [0.15, 0.2) is 11.4 Å². The molecule has 0 unspecified atom stereocenters. The maximum Gasteiger partial charge on any atom is 0.278 e. The lowest BCUT2D eigenvalue weighted by molar-refractivity contribution is 0.0775. The van der Waals surface area contributed by atoms with Crippen LogP contribution in [0.25, 0.3) is 5.69 Å². The summed E-state index contributed by atoms with van der Waals surface area (Å²) in [6.45, 7) is 0.441. The first-order chi connectivity index (χ1) is 11.2. The normalized spacial score (nSPS) is 10.5. The molecule has 2 heterocycles. The second-order valence-electron chi connectivity index (χ2n) is 5.09. The molecule has 118 valence electrons. The molecule has 7 heteroatoms. The highest BCUT2D eigenvalue weighted by Crippen LogP contribution is 2.21. The van der Waals surface area contributed by atoms with Crippen molar-refractivity contribution in [2.24, 2.45) is 0 Å². The number of methoxy groups -OCH3 is 1. The minimum absolute atomic E-state index is 0.210. The Morgan fingerprint density at radius 1 is 1.35 bits per heavy atom. The van der Waals surface area contributed by atoms with E-state index in [1.807, 2.05) is 30.3 Å². The van der Waals surface area contributed by atoms with Gasteiger partial charge in [-0.2, -0.15) is 10.2 Å². The van der Waals surface area contributed by atoms with Crippen LogP contribution in [0.15, 0.2) is 48.9 Å². The molecule has 0 saturated heterocycles. The summed E-state index contributed by atoms with van der Waals surface area (Å²) in [5, 5.41) is 11.0. The van der Waals surface area contributed by atoms with Crippen LogP contribution in [0.3, 0.4) is 0 Å². The molecule has 1 aromatic carbocycles. The maximum atomic E-state index is 12.6. The summed E-state index contributed by atoms with van der Waals surface area (Å²) in [4.78, 5) is 14.2. The molecular weight excluding hydrogens is 294 g/mol. The predicted octanol–water partition coefficient (Wildman–Crippen LogP) is 1.88. The first kappa shape index (κ1) is 14.8. The zero-order valence-electron chi connectivity index (χ0n) is 12.9. The monoisotopic (exact) mass is 311 g/mol. The Labute approximate surface area is 133 Å². The van der Waals surface area contributed by atoms with Gasteiger partial charge in [-0.3, -0.25) is 9.89 Å². The van der Waals surface area contributed by atoms with Crippen LogP contribution in [0.4, 0.5) is 0 Å². The van der Waals surface area contributed by atoms with Crippen molar-refractivity contribution in [1.82, 2.24) is 24.9 Å². The fraction of sp³-hybridized carbons (Fsp3) is 0.188. The largest absolute Gasteiger partial charge is 0.493 e. The zero-order valence-corrected chi connectivity index (χ0v) is 12.9. The van der Waals surface area contributed by atoms with Gasteiger partial charge in [0.1, 0.15) is 0 Å². The van der Waals surface area contributed by atoms with E-state index in [0.29, 0.717) is 12.3 Å². The van der Waals surface area contributed by atoms with E-state index < -0.39 is 0 Å². The Morgan fingerprint density at radius 2 is 2.13 bits per heavy atom. The molecule has 1 amide bonds. The van der Waals surface area contributed by atoms with Gasteiger partial charge >= 0.3 is 0 Å². The average molecular weight is 311 g/mol. The number of hydrogen-bond acceptors (Lipinski definition) is 4. The highest BCUT2D eigenvalue weighted by atomic mass is 16.5. The van der Waals surface area contributed by atoms with Crippen LogP contribution in [0.2, 0.25) is 0 Å². The quantitative estimate of drug-likeness (QED) is 0.780. The van der Waals surface area contributed by atoms with E-state index in [9.17, 15) is 4.79 Å². The van der Waals surface area contributed by atoms with Crippen LogP contribution in [0.5, 0.6) is 5.75 Å². The van der Waals surface area contributed by atoms with Gasteiger partial charge in [-0.25, -0.2) is 4.68 Å². The van der Waals surface area contributed by atoms with Crippen molar-refractivity contribution < 1.29 is 9.53 Å². The van der Waals surface area contributed by atoms with Gasteiger partial charge in [-0.1, -0.05) is 18.2 Å². The van der Waals surface area contributed by atoms with E-state index in [-0.39, 0.29) is 11.6 Å². The number of aromatic amines is 1. The van der Waals surface area contributed by atoms with Crippen molar-refractivity contribution >= 4 is 5.91 Å². The summed E-state index contributed by atoms with van der Waals surface area (Å²) in [6, 6.07) is 9.58. The highest BCUT2D eigenvalue weighted by molar-refractivity contribution is 5.94. The molecule has 0 fully saturated rings. The number of ether oxygens (including phenoxy) is 1. The average Bonchev–Trinajstić information content (AvgIpc) is 3.24. The molecule has 0 aliphatic heterocycles. The second-order valence-corrected chi connectivity index (χ2v) is 5.09. The van der Waals surface area contributed by atoms with Crippen LogP contribution < -0.4 is 4.74 Å². The Kier molecular flexibility index (Phi) is 4.09. The predicted molar refractivity (Wildman–Crippen MR) is 84.5 cm³/mol. The maximum absolute atomic E-state index is 12.6. The molecule has 0 atom stereocenters. The number of nitrogens with zero attached hydrogens (tertiary/aromatic N) is 4. The number of carbonyl (C=O) groups is 1. The summed E-state index contributed by atoms with van der Waals surface area (Å²) >= 11 is 0. The van der Waals surface area contributed by atoms with Crippen LogP contribution in [0.1, 0.15) is 16.1 Å². The fourth-order valence-corrected chi connectivity index (χ4v) is 2.26. The number of hydrogen-bond donors (Lipinski definition) is 1. The number of carbonyl (C=O) groups excluding carboxylic acids is 1. The van der Waals surface area contributed by atoms with E-state index >= 15 is 0 Å². The number of amides is 1. The van der Waals surface area contributed by atoms with Gasteiger partial charge in [-0.05, 0) is 12.1 Å². The third kappa shape index (κ3) is 3.08. The van der Waals surface area contributed by atoms with Gasteiger partial charge in [-0.15, -0.1) is 0 Å². The van der Waals surface area contributed by atoms with Gasteiger partial charge < -0.3 is 9.64 Å². The molecule has 0 spiro atoms. The number of nitrogens with one attached hydrogen (secondary N) is 1. The highest BCUT2D eigenvalue weighted by Gasteiger charge is 2.22. The molecule has 0 aliphatic carbocycles. The van der Waals surface area contributed by atoms with E-state index in [1.165, 1.54) is 7.11 Å². The standard InChI is InChI=1S/C16H17N5O2/c1-20(10-12-8-17-18-9-12)16(22)15-14(23-2)11-21(19-15)13-6-4-3-5-7-13/h3-9,11H,10H2,1-2H3,(H,17,18). The van der Waals surface area contributed by atoms with Crippen molar-refractivity contribution in [3.63, 3.8) is 0 Å². The van der Waals surface area contributed by atoms with Gasteiger partial charge in [0.2, 0.25) is 0 Å². The molecule has 3 rings (SSSR count). The Bertz CT molecular complexity index is 780. The molecule has 7 nitrogen and oxygen atoms in total. The van der Waals surface area contributed by atoms with Crippen LogP contribution >= 0.6 is 0 Å². The SMILES string of the molecule is COc1cn(-c2ccccc2)nc1C(=O)N(C)Cc1cn[nH]c1. The third-order valence-electron chi connectivity index (χ3n) is 3.45.